The van der Waals surface area contributed by atoms with Crippen molar-refractivity contribution < 1.29 is 13.9 Å². The molecule has 0 bridgehead atoms. The minimum absolute atomic E-state index is 0.0729. The van der Waals surface area contributed by atoms with Crippen LogP contribution in [0.4, 0.5) is 4.39 Å². The molecule has 0 saturated carbocycles. The highest BCUT2D eigenvalue weighted by atomic mass is 19.1. The predicted octanol–water partition coefficient (Wildman–Crippen LogP) is 3.32. The molecule has 19 heavy (non-hydrogen) atoms. The van der Waals surface area contributed by atoms with Gasteiger partial charge in [0.2, 0.25) is 0 Å². The lowest BCUT2D eigenvalue weighted by Crippen LogP contribution is -2.35. The van der Waals surface area contributed by atoms with Gasteiger partial charge in [-0.25, -0.2) is 0 Å². The Kier molecular flexibility index (Phi) is 6.09. The third-order valence-electron chi connectivity index (χ3n) is 2.59. The molecule has 0 spiro atoms. The van der Waals surface area contributed by atoms with Crippen LogP contribution in [-0.4, -0.2) is 25.9 Å². The van der Waals surface area contributed by atoms with Gasteiger partial charge in [-0.05, 0) is 38.5 Å². The molecule has 0 aliphatic heterocycles. The van der Waals surface area contributed by atoms with E-state index < -0.39 is 0 Å². The summed E-state index contributed by atoms with van der Waals surface area (Å²) in [6.45, 7) is 7.14. The van der Waals surface area contributed by atoms with Crippen LogP contribution in [0.5, 0.6) is 11.5 Å². The van der Waals surface area contributed by atoms with E-state index >= 15 is 0 Å². The van der Waals surface area contributed by atoms with Crippen molar-refractivity contribution >= 4 is 0 Å². The largest absolute Gasteiger partial charge is 0.493 e. The molecule has 1 rings (SSSR count). The maximum absolute atomic E-state index is 12.0. The maximum atomic E-state index is 12.0. The fourth-order valence-electron chi connectivity index (χ4n) is 1.55. The van der Waals surface area contributed by atoms with Crippen LogP contribution < -0.4 is 14.8 Å². The summed E-state index contributed by atoms with van der Waals surface area (Å²) < 4.78 is 22.8. The molecule has 0 aliphatic carbocycles. The van der Waals surface area contributed by atoms with E-state index in [2.05, 4.69) is 26.1 Å². The lowest BCUT2D eigenvalue weighted by molar-refractivity contribution is 0.273. The van der Waals surface area contributed by atoms with E-state index in [0.717, 1.165) is 12.1 Å². The van der Waals surface area contributed by atoms with Crippen molar-refractivity contribution in [1.82, 2.24) is 5.32 Å². The van der Waals surface area contributed by atoms with Crippen molar-refractivity contribution in [3.05, 3.63) is 23.8 Å². The van der Waals surface area contributed by atoms with Crippen LogP contribution in [0.15, 0.2) is 18.2 Å². The first-order chi connectivity index (χ1) is 8.96. The highest BCUT2D eigenvalue weighted by molar-refractivity contribution is 5.43. The summed E-state index contributed by atoms with van der Waals surface area (Å²) in [5.41, 5.74) is 1.20. The van der Waals surface area contributed by atoms with E-state index in [9.17, 15) is 4.39 Å². The number of nitrogens with one attached hydrogen (secondary N) is 1. The van der Waals surface area contributed by atoms with Crippen molar-refractivity contribution in [3.63, 3.8) is 0 Å². The molecule has 1 N–H and O–H groups in total. The Morgan fingerprint density at radius 3 is 2.53 bits per heavy atom. The highest BCUT2D eigenvalue weighted by Crippen LogP contribution is 2.28. The molecule has 0 saturated heterocycles. The Labute approximate surface area is 115 Å². The summed E-state index contributed by atoms with van der Waals surface area (Å²) in [6, 6.07) is 5.81. The number of rotatable bonds is 7. The lowest BCUT2D eigenvalue weighted by Gasteiger charge is -2.21. The van der Waals surface area contributed by atoms with Gasteiger partial charge in [0.15, 0.2) is 11.5 Å². The molecular weight excluding hydrogens is 245 g/mol. The second kappa shape index (κ2) is 7.34. The average Bonchev–Trinajstić information content (AvgIpc) is 2.36. The standard InChI is InChI=1S/C15H24FNO2/c1-15(2,3)17-11-12-6-7-13(14(10-12)18-4)19-9-5-8-16/h6-7,10,17H,5,8-9,11H2,1-4H3. The number of halogens is 1. The monoisotopic (exact) mass is 269 g/mol. The number of hydrogen-bond acceptors (Lipinski definition) is 3. The molecule has 1 aromatic carbocycles. The summed E-state index contributed by atoms with van der Waals surface area (Å²) in [6.07, 6.45) is 0.399. The fraction of sp³-hybridized carbons (Fsp3) is 0.600. The smallest absolute Gasteiger partial charge is 0.161 e. The molecule has 0 fully saturated rings. The van der Waals surface area contributed by atoms with Crippen LogP contribution in [-0.2, 0) is 6.54 Å². The van der Waals surface area contributed by atoms with Crippen LogP contribution in [0.3, 0.4) is 0 Å². The number of hydrogen-bond donors (Lipinski definition) is 1. The molecule has 0 radical (unpaired) electrons. The molecule has 3 nitrogen and oxygen atoms in total. The Morgan fingerprint density at radius 2 is 1.95 bits per heavy atom. The summed E-state index contributed by atoms with van der Waals surface area (Å²) in [5, 5.41) is 3.42. The SMILES string of the molecule is COc1cc(CNC(C)(C)C)ccc1OCCCF. The van der Waals surface area contributed by atoms with Gasteiger partial charge in [0.25, 0.3) is 0 Å². The van der Waals surface area contributed by atoms with Gasteiger partial charge in [0, 0.05) is 18.5 Å². The first kappa shape index (κ1) is 15.8. The Bertz CT molecular complexity index is 388. The van der Waals surface area contributed by atoms with Gasteiger partial charge in [0.05, 0.1) is 20.4 Å². The second-order valence-corrected chi connectivity index (χ2v) is 5.48. The molecule has 0 heterocycles. The number of benzene rings is 1. The molecule has 0 aromatic heterocycles. The van der Waals surface area contributed by atoms with Gasteiger partial charge in [-0.1, -0.05) is 6.07 Å². The van der Waals surface area contributed by atoms with Crippen LogP contribution in [0.25, 0.3) is 0 Å². The maximum Gasteiger partial charge on any atom is 0.161 e. The third kappa shape index (κ3) is 5.92. The topological polar surface area (TPSA) is 30.5 Å². The number of ether oxygens (including phenoxy) is 2. The van der Waals surface area contributed by atoms with E-state index in [4.69, 9.17) is 9.47 Å². The fourth-order valence-corrected chi connectivity index (χ4v) is 1.55. The molecule has 4 heteroatoms. The summed E-state index contributed by atoms with van der Waals surface area (Å²) in [4.78, 5) is 0. The molecule has 0 unspecified atom stereocenters. The molecule has 108 valence electrons. The molecule has 0 atom stereocenters. The van der Waals surface area contributed by atoms with Crippen LogP contribution in [0.2, 0.25) is 0 Å². The van der Waals surface area contributed by atoms with Crippen LogP contribution in [0.1, 0.15) is 32.8 Å². The zero-order valence-electron chi connectivity index (χ0n) is 12.3. The highest BCUT2D eigenvalue weighted by Gasteiger charge is 2.10. The van der Waals surface area contributed by atoms with E-state index in [1.807, 2.05) is 18.2 Å². The second-order valence-electron chi connectivity index (χ2n) is 5.48. The zero-order chi connectivity index (χ0) is 14.3. The predicted molar refractivity (Wildman–Crippen MR) is 75.7 cm³/mol. The summed E-state index contributed by atoms with van der Waals surface area (Å²) in [7, 11) is 1.61. The van der Waals surface area contributed by atoms with Gasteiger partial charge in [-0.3, -0.25) is 4.39 Å². The first-order valence-electron chi connectivity index (χ1n) is 6.57. The van der Waals surface area contributed by atoms with E-state index in [-0.39, 0.29) is 12.2 Å². The molecule has 1 aromatic rings. The van der Waals surface area contributed by atoms with Crippen molar-refractivity contribution in [2.75, 3.05) is 20.4 Å². The Balaban J connectivity index is 2.67. The Hall–Kier alpha value is -1.29. The van der Waals surface area contributed by atoms with Gasteiger partial charge in [-0.15, -0.1) is 0 Å². The van der Waals surface area contributed by atoms with Gasteiger partial charge in [-0.2, -0.15) is 0 Å². The van der Waals surface area contributed by atoms with Gasteiger partial charge < -0.3 is 14.8 Å². The molecule has 0 aliphatic rings. The number of alkyl halides is 1. The Morgan fingerprint density at radius 1 is 1.21 bits per heavy atom. The summed E-state index contributed by atoms with van der Waals surface area (Å²) >= 11 is 0. The van der Waals surface area contributed by atoms with E-state index in [1.165, 1.54) is 0 Å². The van der Waals surface area contributed by atoms with Crippen LogP contribution >= 0.6 is 0 Å². The normalized spacial score (nSPS) is 11.4. The first-order valence-corrected chi connectivity index (χ1v) is 6.57. The zero-order valence-corrected chi connectivity index (χ0v) is 12.3. The minimum atomic E-state index is -0.365. The van der Waals surface area contributed by atoms with Crippen LogP contribution in [0, 0.1) is 0 Å². The van der Waals surface area contributed by atoms with Crippen molar-refractivity contribution in [2.45, 2.75) is 39.3 Å². The van der Waals surface area contributed by atoms with Gasteiger partial charge in [0.1, 0.15) is 0 Å². The van der Waals surface area contributed by atoms with Crippen molar-refractivity contribution in [2.24, 2.45) is 0 Å². The van der Waals surface area contributed by atoms with Crippen molar-refractivity contribution in [1.29, 1.82) is 0 Å². The van der Waals surface area contributed by atoms with Crippen molar-refractivity contribution in [3.8, 4) is 11.5 Å². The minimum Gasteiger partial charge on any atom is -0.493 e. The van der Waals surface area contributed by atoms with E-state index in [0.29, 0.717) is 24.5 Å². The number of methoxy groups -OCH3 is 1. The van der Waals surface area contributed by atoms with Gasteiger partial charge >= 0.3 is 0 Å². The quantitative estimate of drug-likeness (QED) is 0.770. The summed E-state index contributed by atoms with van der Waals surface area (Å²) in [5.74, 6) is 1.35. The third-order valence-corrected chi connectivity index (χ3v) is 2.59. The van der Waals surface area contributed by atoms with E-state index in [1.54, 1.807) is 7.11 Å². The molecular formula is C15H24FNO2. The molecule has 0 amide bonds. The lowest BCUT2D eigenvalue weighted by atomic mass is 10.1. The average molecular weight is 269 g/mol.